The number of benzene rings is 1. The van der Waals surface area contributed by atoms with E-state index in [1.165, 1.54) is 0 Å². The van der Waals surface area contributed by atoms with Gasteiger partial charge in [-0.05, 0) is 55.8 Å². The molecule has 0 radical (unpaired) electrons. The summed E-state index contributed by atoms with van der Waals surface area (Å²) in [5, 5.41) is 10.2. The Balaban J connectivity index is 1.94. The van der Waals surface area contributed by atoms with Crippen molar-refractivity contribution in [3.05, 3.63) is 57.9 Å². The van der Waals surface area contributed by atoms with Crippen LogP contribution in [0.3, 0.4) is 0 Å². The number of aromatic nitrogens is 1. The molecule has 6 heteroatoms. The van der Waals surface area contributed by atoms with E-state index in [2.05, 4.69) is 10.6 Å². The molecule has 0 atom stereocenters. The van der Waals surface area contributed by atoms with Crippen LogP contribution >= 0.6 is 11.6 Å². The molecule has 2 heterocycles. The molecule has 1 aliphatic heterocycles. The second kappa shape index (κ2) is 7.77. The highest BCUT2D eigenvalue weighted by Crippen LogP contribution is 2.24. The predicted molar refractivity (Wildman–Crippen MR) is 101 cm³/mol. The number of hydrogen-bond donors (Lipinski definition) is 0. The monoisotopic (exact) mass is 369 g/mol. The van der Waals surface area contributed by atoms with Crippen molar-refractivity contribution in [1.82, 2.24) is 9.47 Å². The molecule has 0 saturated carbocycles. The molecule has 1 saturated heterocycles. The standard InChI is InChI=1S/C20H20ClN3O2/c1-14-11-16(15(2)24(14)19-5-3-18(21)4-6-19)12-17(13-22)20(25)23-7-9-26-10-8-23/h3-6,11-12H,7-10H2,1-2H3. The zero-order valence-electron chi connectivity index (χ0n) is 14.8. The average molecular weight is 370 g/mol. The SMILES string of the molecule is Cc1cc(C=C(C#N)C(=O)N2CCOCC2)c(C)n1-c1ccc(Cl)cc1. The van der Waals surface area contributed by atoms with Crippen LogP contribution in [0.1, 0.15) is 17.0 Å². The van der Waals surface area contributed by atoms with Crippen molar-refractivity contribution in [3.8, 4) is 11.8 Å². The summed E-state index contributed by atoms with van der Waals surface area (Å²) in [7, 11) is 0. The summed E-state index contributed by atoms with van der Waals surface area (Å²) >= 11 is 5.97. The lowest BCUT2D eigenvalue weighted by atomic mass is 10.1. The van der Waals surface area contributed by atoms with Gasteiger partial charge in [0, 0.05) is 35.2 Å². The molecule has 0 unspecified atom stereocenters. The van der Waals surface area contributed by atoms with E-state index in [0.29, 0.717) is 31.3 Å². The van der Waals surface area contributed by atoms with Gasteiger partial charge in [-0.15, -0.1) is 0 Å². The molecule has 1 fully saturated rings. The van der Waals surface area contributed by atoms with Gasteiger partial charge in [0.2, 0.25) is 0 Å². The Morgan fingerprint density at radius 1 is 1.23 bits per heavy atom. The van der Waals surface area contributed by atoms with Crippen molar-refractivity contribution >= 4 is 23.6 Å². The molecule has 1 aromatic heterocycles. The third kappa shape index (κ3) is 3.67. The maximum absolute atomic E-state index is 12.6. The van der Waals surface area contributed by atoms with Crippen molar-refractivity contribution in [1.29, 1.82) is 5.26 Å². The number of halogens is 1. The van der Waals surface area contributed by atoms with Gasteiger partial charge in [0.1, 0.15) is 11.6 Å². The van der Waals surface area contributed by atoms with Crippen LogP contribution in [-0.2, 0) is 9.53 Å². The largest absolute Gasteiger partial charge is 0.378 e. The van der Waals surface area contributed by atoms with E-state index in [1.807, 2.05) is 44.2 Å². The minimum absolute atomic E-state index is 0.142. The topological polar surface area (TPSA) is 58.3 Å². The van der Waals surface area contributed by atoms with Crippen molar-refractivity contribution in [2.75, 3.05) is 26.3 Å². The Morgan fingerprint density at radius 3 is 2.50 bits per heavy atom. The minimum Gasteiger partial charge on any atom is -0.378 e. The molecule has 1 aromatic carbocycles. The summed E-state index contributed by atoms with van der Waals surface area (Å²) in [5.41, 5.74) is 3.97. The van der Waals surface area contributed by atoms with Crippen LogP contribution in [-0.4, -0.2) is 41.7 Å². The molecular formula is C20H20ClN3O2. The lowest BCUT2D eigenvalue weighted by molar-refractivity contribution is -0.130. The first-order chi connectivity index (χ1) is 12.5. The number of carbonyl (C=O) groups is 1. The van der Waals surface area contributed by atoms with Crippen LogP contribution < -0.4 is 0 Å². The number of amides is 1. The van der Waals surface area contributed by atoms with Crippen molar-refractivity contribution < 1.29 is 9.53 Å². The fraction of sp³-hybridized carbons (Fsp3) is 0.300. The van der Waals surface area contributed by atoms with Crippen molar-refractivity contribution in [2.24, 2.45) is 0 Å². The van der Waals surface area contributed by atoms with E-state index in [-0.39, 0.29) is 11.5 Å². The summed E-state index contributed by atoms with van der Waals surface area (Å²) in [6, 6.07) is 11.6. The molecule has 3 rings (SSSR count). The van der Waals surface area contributed by atoms with E-state index in [4.69, 9.17) is 16.3 Å². The number of aryl methyl sites for hydroxylation is 1. The molecule has 0 spiro atoms. The summed E-state index contributed by atoms with van der Waals surface area (Å²) < 4.78 is 7.35. The Morgan fingerprint density at radius 2 is 1.88 bits per heavy atom. The summed E-state index contributed by atoms with van der Waals surface area (Å²) in [6.07, 6.45) is 1.67. The Labute approximate surface area is 158 Å². The molecule has 0 N–H and O–H groups in total. The van der Waals surface area contributed by atoms with E-state index < -0.39 is 0 Å². The van der Waals surface area contributed by atoms with Gasteiger partial charge in [0.05, 0.1) is 13.2 Å². The molecular weight excluding hydrogens is 350 g/mol. The van der Waals surface area contributed by atoms with Crippen LogP contribution in [0, 0.1) is 25.2 Å². The predicted octanol–water partition coefficient (Wildman–Crippen LogP) is 3.51. The van der Waals surface area contributed by atoms with Crippen molar-refractivity contribution in [2.45, 2.75) is 13.8 Å². The Bertz CT molecular complexity index is 885. The second-order valence-electron chi connectivity index (χ2n) is 6.21. The zero-order chi connectivity index (χ0) is 18.7. The smallest absolute Gasteiger partial charge is 0.264 e. The Kier molecular flexibility index (Phi) is 5.46. The van der Waals surface area contributed by atoms with Crippen molar-refractivity contribution in [3.63, 3.8) is 0 Å². The van der Waals surface area contributed by atoms with Crippen LogP contribution in [0.4, 0.5) is 0 Å². The summed E-state index contributed by atoms with van der Waals surface area (Å²) in [5.74, 6) is -0.243. The van der Waals surface area contributed by atoms with Gasteiger partial charge < -0.3 is 14.2 Å². The molecule has 2 aromatic rings. The van der Waals surface area contributed by atoms with Crippen LogP contribution in [0.25, 0.3) is 11.8 Å². The molecule has 1 aliphatic rings. The van der Waals surface area contributed by atoms with Crippen LogP contribution in [0.2, 0.25) is 5.02 Å². The van der Waals surface area contributed by atoms with Crippen LogP contribution in [0.5, 0.6) is 0 Å². The number of nitrogens with zero attached hydrogens (tertiary/aromatic N) is 3. The van der Waals surface area contributed by atoms with E-state index in [0.717, 1.165) is 22.6 Å². The van der Waals surface area contributed by atoms with Gasteiger partial charge in [0.15, 0.2) is 0 Å². The quantitative estimate of drug-likeness (QED) is 0.614. The number of hydrogen-bond acceptors (Lipinski definition) is 3. The zero-order valence-corrected chi connectivity index (χ0v) is 15.6. The maximum Gasteiger partial charge on any atom is 0.264 e. The molecule has 26 heavy (non-hydrogen) atoms. The van der Waals surface area contributed by atoms with Gasteiger partial charge in [-0.1, -0.05) is 11.6 Å². The molecule has 1 amide bonds. The summed E-state index contributed by atoms with van der Waals surface area (Å²) in [4.78, 5) is 14.3. The average Bonchev–Trinajstić information content (AvgIpc) is 2.94. The molecule has 134 valence electrons. The number of nitriles is 1. The highest BCUT2D eigenvalue weighted by atomic mass is 35.5. The van der Waals surface area contributed by atoms with Gasteiger partial charge in [0.25, 0.3) is 5.91 Å². The highest BCUT2D eigenvalue weighted by molar-refractivity contribution is 6.30. The first-order valence-electron chi connectivity index (χ1n) is 8.45. The lowest BCUT2D eigenvalue weighted by Gasteiger charge is -2.26. The van der Waals surface area contributed by atoms with E-state index >= 15 is 0 Å². The fourth-order valence-corrected chi connectivity index (χ4v) is 3.28. The van der Waals surface area contributed by atoms with Crippen LogP contribution in [0.15, 0.2) is 35.9 Å². The minimum atomic E-state index is -0.243. The number of rotatable bonds is 3. The van der Waals surface area contributed by atoms with Gasteiger partial charge in [-0.25, -0.2) is 0 Å². The molecule has 5 nitrogen and oxygen atoms in total. The molecule has 0 bridgehead atoms. The normalized spacial score (nSPS) is 15.0. The van der Waals surface area contributed by atoms with Gasteiger partial charge >= 0.3 is 0 Å². The second-order valence-corrected chi connectivity index (χ2v) is 6.65. The third-order valence-electron chi connectivity index (χ3n) is 4.50. The first kappa shape index (κ1) is 18.2. The van der Waals surface area contributed by atoms with E-state index in [9.17, 15) is 10.1 Å². The van der Waals surface area contributed by atoms with Gasteiger partial charge in [-0.3, -0.25) is 4.79 Å². The highest BCUT2D eigenvalue weighted by Gasteiger charge is 2.21. The molecule has 0 aliphatic carbocycles. The lowest BCUT2D eigenvalue weighted by Crippen LogP contribution is -2.41. The number of morpholine rings is 1. The fourth-order valence-electron chi connectivity index (χ4n) is 3.16. The third-order valence-corrected chi connectivity index (χ3v) is 4.76. The first-order valence-corrected chi connectivity index (χ1v) is 8.82. The maximum atomic E-state index is 12.6. The summed E-state index contributed by atoms with van der Waals surface area (Å²) in [6.45, 7) is 6.02. The van der Waals surface area contributed by atoms with Gasteiger partial charge in [-0.2, -0.15) is 5.26 Å². The number of carbonyl (C=O) groups excluding carboxylic acids is 1. The number of ether oxygens (including phenoxy) is 1. The van der Waals surface area contributed by atoms with E-state index in [1.54, 1.807) is 11.0 Å². The Hall–Kier alpha value is -2.55.